The van der Waals surface area contributed by atoms with Crippen LogP contribution in [0.2, 0.25) is 0 Å². The van der Waals surface area contributed by atoms with Crippen LogP contribution in [0.25, 0.3) is 0 Å². The maximum Gasteiger partial charge on any atom is 0.332 e. The van der Waals surface area contributed by atoms with Crippen molar-refractivity contribution < 1.29 is 4.39 Å². The number of hydrogen-bond donors (Lipinski definition) is 0. The molecule has 1 fully saturated rings. The van der Waals surface area contributed by atoms with Gasteiger partial charge in [-0.05, 0) is 48.4 Å². The average Bonchev–Trinajstić information content (AvgIpc) is 3.31. The van der Waals surface area contributed by atoms with Crippen LogP contribution in [0.1, 0.15) is 23.4 Å². The van der Waals surface area contributed by atoms with E-state index in [-0.39, 0.29) is 17.8 Å². The fraction of sp³-hybridized carbons (Fsp3) is 0.364. The zero-order valence-corrected chi connectivity index (χ0v) is 16.5. The van der Waals surface area contributed by atoms with Crippen molar-refractivity contribution in [2.45, 2.75) is 32.5 Å². The number of hydrogen-bond acceptors (Lipinski definition) is 5. The molecule has 0 radical (unpaired) electrons. The minimum atomic E-state index is -0.633. The first-order valence-corrected chi connectivity index (χ1v) is 10.1. The van der Waals surface area contributed by atoms with Crippen LogP contribution in [-0.4, -0.2) is 37.3 Å². The van der Waals surface area contributed by atoms with Crippen molar-refractivity contribution in [1.82, 2.24) is 24.2 Å². The molecule has 1 saturated heterocycles. The Kier molecular flexibility index (Phi) is 4.58. The highest BCUT2D eigenvalue weighted by atomic mass is 19.1. The average molecular weight is 407 g/mol. The van der Waals surface area contributed by atoms with Crippen LogP contribution >= 0.6 is 0 Å². The summed E-state index contributed by atoms with van der Waals surface area (Å²) >= 11 is 0. The zero-order chi connectivity index (χ0) is 20.7. The molecule has 0 saturated carbocycles. The first-order valence-electron chi connectivity index (χ1n) is 10.1. The number of fused-ring (bicyclic) bond motifs is 1. The third-order valence-electron chi connectivity index (χ3n) is 6.16. The number of aromatic nitrogens is 4. The molecule has 0 bridgehead atoms. The predicted molar refractivity (Wildman–Crippen MR) is 109 cm³/mol. The van der Waals surface area contributed by atoms with Gasteiger partial charge in [0, 0.05) is 43.9 Å². The largest absolute Gasteiger partial charge is 0.332 e. The minimum absolute atomic E-state index is 0.0618. The zero-order valence-electron chi connectivity index (χ0n) is 16.5. The Hall–Kier alpha value is -3.13. The first kappa shape index (κ1) is 18.9. The lowest BCUT2D eigenvalue weighted by Crippen LogP contribution is -2.43. The second kappa shape index (κ2) is 7.28. The summed E-state index contributed by atoms with van der Waals surface area (Å²) in [4.78, 5) is 31.8. The molecule has 1 unspecified atom stereocenters. The second-order valence-electron chi connectivity index (χ2n) is 8.39. The van der Waals surface area contributed by atoms with E-state index in [1.165, 1.54) is 22.4 Å². The van der Waals surface area contributed by atoms with Crippen molar-refractivity contribution in [3.05, 3.63) is 92.3 Å². The van der Waals surface area contributed by atoms with Crippen molar-refractivity contribution in [2.75, 3.05) is 13.1 Å². The molecule has 4 heterocycles. The van der Waals surface area contributed by atoms with Gasteiger partial charge in [0.15, 0.2) is 0 Å². The van der Waals surface area contributed by atoms with Gasteiger partial charge in [-0.25, -0.2) is 9.07 Å². The Morgan fingerprint density at radius 2 is 1.67 bits per heavy atom. The lowest BCUT2D eigenvalue weighted by atomic mass is 9.86. The number of pyridine rings is 1. The highest BCUT2D eigenvalue weighted by molar-refractivity contribution is 5.17. The lowest BCUT2D eigenvalue weighted by molar-refractivity contribution is 0.246. The molecule has 2 aliphatic heterocycles. The molecule has 0 amide bonds. The smallest absolute Gasteiger partial charge is 0.298 e. The summed E-state index contributed by atoms with van der Waals surface area (Å²) < 4.78 is 15.9. The predicted octanol–water partition coefficient (Wildman–Crippen LogP) is 1.44. The summed E-state index contributed by atoms with van der Waals surface area (Å²) in [5, 5.41) is 4.51. The molecule has 8 heteroatoms. The van der Waals surface area contributed by atoms with E-state index in [1.54, 1.807) is 29.1 Å². The van der Waals surface area contributed by atoms with Crippen molar-refractivity contribution in [3.63, 3.8) is 0 Å². The highest BCUT2D eigenvalue weighted by Gasteiger charge is 2.44. The Labute approximate surface area is 172 Å². The molecule has 3 aromatic rings. The summed E-state index contributed by atoms with van der Waals surface area (Å²) in [5.74, 6) is 0.319. The van der Waals surface area contributed by atoms with Gasteiger partial charge in [0.05, 0.1) is 6.54 Å². The molecule has 0 aliphatic carbocycles. The maximum atomic E-state index is 13.1. The van der Waals surface area contributed by atoms with E-state index in [0.29, 0.717) is 18.8 Å². The van der Waals surface area contributed by atoms with Gasteiger partial charge in [-0.2, -0.15) is 5.10 Å². The van der Waals surface area contributed by atoms with E-state index in [2.05, 4.69) is 15.0 Å². The van der Waals surface area contributed by atoms with Gasteiger partial charge in [0.1, 0.15) is 11.6 Å². The first-order chi connectivity index (χ1) is 14.5. The number of benzene rings is 1. The maximum absolute atomic E-state index is 13.1. The van der Waals surface area contributed by atoms with Crippen LogP contribution in [0.15, 0.2) is 58.4 Å². The Morgan fingerprint density at radius 1 is 0.933 bits per heavy atom. The lowest BCUT2D eigenvalue weighted by Gasteiger charge is -2.22. The summed E-state index contributed by atoms with van der Waals surface area (Å²) in [7, 11) is 0. The number of likely N-dealkylation sites (tertiary alicyclic amines) is 1. The molecule has 2 aliphatic rings. The fourth-order valence-electron chi connectivity index (χ4n) is 4.65. The summed E-state index contributed by atoms with van der Waals surface area (Å²) in [6.45, 7) is 3.35. The van der Waals surface area contributed by atoms with E-state index in [0.717, 1.165) is 31.6 Å². The summed E-state index contributed by atoms with van der Waals surface area (Å²) in [6, 6.07) is 9.91. The summed E-state index contributed by atoms with van der Waals surface area (Å²) in [6.07, 6.45) is 5.24. The Bertz CT molecular complexity index is 1190. The van der Waals surface area contributed by atoms with Gasteiger partial charge >= 0.3 is 11.1 Å². The Balaban J connectivity index is 1.36. The van der Waals surface area contributed by atoms with Crippen molar-refractivity contribution in [1.29, 1.82) is 0 Å². The van der Waals surface area contributed by atoms with Crippen molar-refractivity contribution >= 4 is 0 Å². The van der Waals surface area contributed by atoms with E-state index in [1.807, 2.05) is 12.1 Å². The van der Waals surface area contributed by atoms with Crippen molar-refractivity contribution in [3.8, 4) is 0 Å². The van der Waals surface area contributed by atoms with Crippen LogP contribution in [-0.2, 0) is 26.1 Å². The molecule has 5 rings (SSSR count). The normalized spacial score (nSPS) is 20.7. The Morgan fingerprint density at radius 3 is 2.43 bits per heavy atom. The highest BCUT2D eigenvalue weighted by Crippen LogP contribution is 2.39. The molecular formula is C22H22FN5O2. The fourth-order valence-corrected chi connectivity index (χ4v) is 4.65. The molecule has 0 N–H and O–H groups in total. The molecule has 1 spiro atoms. The monoisotopic (exact) mass is 407 g/mol. The molecular weight excluding hydrogens is 385 g/mol. The van der Waals surface area contributed by atoms with Crippen LogP contribution in [0.3, 0.4) is 0 Å². The molecule has 2 aromatic heterocycles. The van der Waals surface area contributed by atoms with Crippen molar-refractivity contribution in [2.24, 2.45) is 5.41 Å². The van der Waals surface area contributed by atoms with Gasteiger partial charge in [-0.1, -0.05) is 12.1 Å². The molecule has 1 aromatic carbocycles. The van der Waals surface area contributed by atoms with Gasteiger partial charge < -0.3 is 0 Å². The van der Waals surface area contributed by atoms with Gasteiger partial charge in [0.2, 0.25) is 0 Å². The molecule has 1 atom stereocenters. The third kappa shape index (κ3) is 3.47. The van der Waals surface area contributed by atoms with Crippen LogP contribution in [0.5, 0.6) is 0 Å². The van der Waals surface area contributed by atoms with E-state index in [9.17, 15) is 14.0 Å². The number of halogens is 1. The van der Waals surface area contributed by atoms with E-state index < -0.39 is 11.1 Å². The quantitative estimate of drug-likeness (QED) is 0.612. The van der Waals surface area contributed by atoms with Crippen LogP contribution in [0.4, 0.5) is 4.39 Å². The second-order valence-corrected chi connectivity index (χ2v) is 8.39. The third-order valence-corrected chi connectivity index (χ3v) is 6.16. The number of nitrogens with zero attached hydrogens (tertiary/aromatic N) is 5. The van der Waals surface area contributed by atoms with Crippen LogP contribution < -0.4 is 11.1 Å². The minimum Gasteiger partial charge on any atom is -0.298 e. The van der Waals surface area contributed by atoms with Gasteiger partial charge in [-0.15, -0.1) is 0 Å². The van der Waals surface area contributed by atoms with Gasteiger partial charge in [0.25, 0.3) is 0 Å². The molecule has 30 heavy (non-hydrogen) atoms. The molecule has 7 nitrogen and oxygen atoms in total. The van der Waals surface area contributed by atoms with E-state index in [4.69, 9.17) is 0 Å². The summed E-state index contributed by atoms with van der Waals surface area (Å²) in [5.41, 5.74) is 0.728. The SMILES string of the molecule is O=c1c(=O)n2c(nn1Cc1ccc(F)cc1)CC1(CCN(Cc3ccncc3)C1)C2. The standard InChI is InChI=1S/C22H22FN5O2/c23-18-3-1-16(2-4-18)13-28-21(30)20(29)27-15-22(11-19(27)25-28)7-10-26(14-22)12-17-5-8-24-9-6-17/h1-6,8-9H,7,10-15H2. The van der Waals surface area contributed by atoms with Crippen LogP contribution in [0, 0.1) is 11.2 Å². The number of rotatable bonds is 4. The van der Waals surface area contributed by atoms with E-state index >= 15 is 0 Å². The molecule has 154 valence electrons. The van der Waals surface area contributed by atoms with Gasteiger partial charge in [-0.3, -0.25) is 24.0 Å². The topological polar surface area (TPSA) is 73.0 Å².